The minimum Gasteiger partial charge on any atom is -0.381 e. The van der Waals surface area contributed by atoms with E-state index >= 15 is 0 Å². The van der Waals surface area contributed by atoms with Crippen LogP contribution in [0, 0.1) is 6.92 Å². The number of anilines is 1. The number of hydrogen-bond donors (Lipinski definition) is 1. The molecule has 1 aromatic carbocycles. The highest BCUT2D eigenvalue weighted by atomic mass is 16.5. The SMILES string of the molecule is Cc1cc(N(C)C2CCOCC2)ccc1CNC(C)(C)C. The molecular weight excluding hydrogens is 260 g/mol. The number of benzene rings is 1. The minimum atomic E-state index is 0.157. The van der Waals surface area contributed by atoms with Crippen molar-refractivity contribution in [2.24, 2.45) is 0 Å². The van der Waals surface area contributed by atoms with Crippen LogP contribution in [0.3, 0.4) is 0 Å². The van der Waals surface area contributed by atoms with Gasteiger partial charge in [-0.1, -0.05) is 6.07 Å². The average molecular weight is 290 g/mol. The van der Waals surface area contributed by atoms with Crippen LogP contribution in [-0.4, -0.2) is 31.8 Å². The molecule has 1 saturated heterocycles. The van der Waals surface area contributed by atoms with Crippen LogP contribution in [0.1, 0.15) is 44.7 Å². The van der Waals surface area contributed by atoms with Crippen molar-refractivity contribution >= 4 is 5.69 Å². The molecule has 1 N–H and O–H groups in total. The molecule has 0 saturated carbocycles. The van der Waals surface area contributed by atoms with Gasteiger partial charge in [-0.3, -0.25) is 0 Å². The third kappa shape index (κ3) is 4.72. The van der Waals surface area contributed by atoms with Gasteiger partial charge in [-0.2, -0.15) is 0 Å². The molecule has 1 aliphatic heterocycles. The average Bonchev–Trinajstić information content (AvgIpc) is 2.45. The summed E-state index contributed by atoms with van der Waals surface area (Å²) in [6, 6.07) is 7.44. The maximum Gasteiger partial charge on any atom is 0.0485 e. The molecule has 3 nitrogen and oxygen atoms in total. The first kappa shape index (κ1) is 16.3. The Balaban J connectivity index is 2.03. The standard InChI is InChI=1S/C18H30N2O/c1-14-12-17(20(5)16-8-10-21-11-9-16)7-6-15(14)13-19-18(2,3)4/h6-7,12,16,19H,8-11,13H2,1-5H3. The lowest BCUT2D eigenvalue weighted by Crippen LogP contribution is -2.37. The van der Waals surface area contributed by atoms with E-state index in [1.54, 1.807) is 0 Å². The second kappa shape index (κ2) is 6.80. The molecule has 2 rings (SSSR count). The Labute approximate surface area is 129 Å². The summed E-state index contributed by atoms with van der Waals surface area (Å²) in [6.07, 6.45) is 2.26. The van der Waals surface area contributed by atoms with E-state index in [-0.39, 0.29) is 5.54 Å². The normalized spacial score (nSPS) is 17.0. The lowest BCUT2D eigenvalue weighted by atomic mass is 10.0. The van der Waals surface area contributed by atoms with Crippen molar-refractivity contribution in [1.29, 1.82) is 0 Å². The predicted molar refractivity (Wildman–Crippen MR) is 90.0 cm³/mol. The lowest BCUT2D eigenvalue weighted by Gasteiger charge is -2.33. The van der Waals surface area contributed by atoms with E-state index in [2.05, 4.69) is 63.2 Å². The number of nitrogens with zero attached hydrogens (tertiary/aromatic N) is 1. The number of rotatable bonds is 4. The van der Waals surface area contributed by atoms with Gasteiger partial charge in [-0.05, 0) is 63.8 Å². The zero-order chi connectivity index (χ0) is 15.5. The van der Waals surface area contributed by atoms with E-state index in [1.807, 2.05) is 0 Å². The molecule has 1 heterocycles. The Bertz CT molecular complexity index is 459. The molecule has 118 valence electrons. The van der Waals surface area contributed by atoms with Crippen LogP contribution in [0.5, 0.6) is 0 Å². The van der Waals surface area contributed by atoms with Gasteiger partial charge in [0, 0.05) is 44.1 Å². The van der Waals surface area contributed by atoms with Crippen molar-refractivity contribution in [3.63, 3.8) is 0 Å². The number of nitrogens with one attached hydrogen (secondary N) is 1. The molecule has 1 aromatic rings. The quantitative estimate of drug-likeness (QED) is 0.918. The van der Waals surface area contributed by atoms with Crippen LogP contribution in [0.2, 0.25) is 0 Å². The van der Waals surface area contributed by atoms with Crippen LogP contribution < -0.4 is 10.2 Å². The smallest absolute Gasteiger partial charge is 0.0485 e. The maximum atomic E-state index is 5.46. The fourth-order valence-electron chi connectivity index (χ4n) is 2.74. The van der Waals surface area contributed by atoms with E-state index < -0.39 is 0 Å². The second-order valence-corrected chi connectivity index (χ2v) is 7.17. The Morgan fingerprint density at radius 2 is 1.90 bits per heavy atom. The summed E-state index contributed by atoms with van der Waals surface area (Å²) in [5, 5.41) is 3.56. The summed E-state index contributed by atoms with van der Waals surface area (Å²) in [6.45, 7) is 11.5. The monoisotopic (exact) mass is 290 g/mol. The molecule has 0 bridgehead atoms. The molecule has 0 unspecified atom stereocenters. The van der Waals surface area contributed by atoms with Gasteiger partial charge in [-0.25, -0.2) is 0 Å². The number of aryl methyl sites for hydroxylation is 1. The van der Waals surface area contributed by atoms with Gasteiger partial charge in [-0.15, -0.1) is 0 Å². The highest BCUT2D eigenvalue weighted by molar-refractivity contribution is 5.51. The van der Waals surface area contributed by atoms with Crippen LogP contribution in [0.4, 0.5) is 5.69 Å². The Hall–Kier alpha value is -1.06. The van der Waals surface area contributed by atoms with Crippen LogP contribution in [0.15, 0.2) is 18.2 Å². The summed E-state index contributed by atoms with van der Waals surface area (Å²) >= 11 is 0. The van der Waals surface area contributed by atoms with E-state index in [4.69, 9.17) is 4.74 Å². The van der Waals surface area contributed by atoms with Gasteiger partial charge in [0.05, 0.1) is 0 Å². The topological polar surface area (TPSA) is 24.5 Å². The van der Waals surface area contributed by atoms with Gasteiger partial charge < -0.3 is 15.0 Å². The van der Waals surface area contributed by atoms with Crippen molar-refractivity contribution < 1.29 is 4.74 Å². The van der Waals surface area contributed by atoms with Gasteiger partial charge in [0.2, 0.25) is 0 Å². The molecule has 0 radical (unpaired) electrons. The van der Waals surface area contributed by atoms with E-state index in [9.17, 15) is 0 Å². The third-order valence-corrected chi connectivity index (χ3v) is 4.28. The summed E-state index contributed by atoms with van der Waals surface area (Å²) in [4.78, 5) is 2.41. The van der Waals surface area contributed by atoms with Crippen molar-refractivity contribution in [1.82, 2.24) is 5.32 Å². The molecule has 0 aliphatic carbocycles. The summed E-state index contributed by atoms with van der Waals surface area (Å²) < 4.78 is 5.46. The van der Waals surface area contributed by atoms with Crippen molar-refractivity contribution in [3.8, 4) is 0 Å². The first-order valence-electron chi connectivity index (χ1n) is 8.02. The summed E-state index contributed by atoms with van der Waals surface area (Å²) in [7, 11) is 2.21. The Morgan fingerprint density at radius 1 is 1.24 bits per heavy atom. The summed E-state index contributed by atoms with van der Waals surface area (Å²) in [5.41, 5.74) is 4.22. The fourth-order valence-corrected chi connectivity index (χ4v) is 2.74. The first-order chi connectivity index (χ1) is 9.87. The highest BCUT2D eigenvalue weighted by Crippen LogP contribution is 2.24. The number of hydrogen-bond acceptors (Lipinski definition) is 3. The zero-order valence-corrected chi connectivity index (χ0v) is 14.2. The highest BCUT2D eigenvalue weighted by Gasteiger charge is 2.19. The van der Waals surface area contributed by atoms with Gasteiger partial charge >= 0.3 is 0 Å². The summed E-state index contributed by atoms with van der Waals surface area (Å²) in [5.74, 6) is 0. The Kier molecular flexibility index (Phi) is 5.28. The molecule has 1 fully saturated rings. The van der Waals surface area contributed by atoms with Crippen LogP contribution in [0.25, 0.3) is 0 Å². The van der Waals surface area contributed by atoms with Gasteiger partial charge in [0.1, 0.15) is 0 Å². The van der Waals surface area contributed by atoms with Gasteiger partial charge in [0.25, 0.3) is 0 Å². The third-order valence-electron chi connectivity index (χ3n) is 4.28. The molecule has 3 heteroatoms. The molecule has 0 aromatic heterocycles. The molecule has 0 spiro atoms. The molecular formula is C18H30N2O. The van der Waals surface area contributed by atoms with Crippen molar-refractivity contribution in [3.05, 3.63) is 29.3 Å². The fraction of sp³-hybridized carbons (Fsp3) is 0.667. The Morgan fingerprint density at radius 3 is 2.48 bits per heavy atom. The zero-order valence-electron chi connectivity index (χ0n) is 14.2. The molecule has 0 atom stereocenters. The van der Waals surface area contributed by atoms with Crippen molar-refractivity contribution in [2.45, 2.75) is 58.7 Å². The van der Waals surface area contributed by atoms with Crippen molar-refractivity contribution in [2.75, 3.05) is 25.2 Å². The second-order valence-electron chi connectivity index (χ2n) is 7.17. The molecule has 0 amide bonds. The van der Waals surface area contributed by atoms with Crippen LogP contribution in [-0.2, 0) is 11.3 Å². The van der Waals surface area contributed by atoms with E-state index in [0.717, 1.165) is 32.6 Å². The van der Waals surface area contributed by atoms with E-state index in [1.165, 1.54) is 16.8 Å². The molecule has 21 heavy (non-hydrogen) atoms. The maximum absolute atomic E-state index is 5.46. The van der Waals surface area contributed by atoms with Gasteiger partial charge in [0.15, 0.2) is 0 Å². The lowest BCUT2D eigenvalue weighted by molar-refractivity contribution is 0.0855. The molecule has 1 aliphatic rings. The first-order valence-corrected chi connectivity index (χ1v) is 8.02. The largest absolute Gasteiger partial charge is 0.381 e. The predicted octanol–water partition coefficient (Wildman–Crippen LogP) is 3.50. The van der Waals surface area contributed by atoms with E-state index in [0.29, 0.717) is 6.04 Å². The minimum absolute atomic E-state index is 0.157. The van der Waals surface area contributed by atoms with Crippen LogP contribution >= 0.6 is 0 Å². The number of ether oxygens (including phenoxy) is 1.